The van der Waals surface area contributed by atoms with Crippen LogP contribution in [-0.4, -0.2) is 37.0 Å². The van der Waals surface area contributed by atoms with E-state index < -0.39 is 11.7 Å². The third-order valence-electron chi connectivity index (χ3n) is 4.20. The fraction of sp³-hybridized carbons (Fsp3) is 0.533. The molecule has 1 saturated heterocycles. The summed E-state index contributed by atoms with van der Waals surface area (Å²) in [7, 11) is 0. The Labute approximate surface area is 121 Å². The van der Waals surface area contributed by atoms with Crippen LogP contribution < -0.4 is 5.32 Å². The monoisotopic (exact) mass is 298 g/mol. The molecule has 1 saturated carbocycles. The van der Waals surface area contributed by atoms with Crippen LogP contribution in [0.3, 0.4) is 0 Å². The Bertz CT molecular complexity index is 521. The van der Waals surface area contributed by atoms with E-state index in [-0.39, 0.29) is 17.7 Å². The number of alkyl halides is 3. The Balaban J connectivity index is 1.63. The van der Waals surface area contributed by atoms with E-state index in [4.69, 9.17) is 0 Å². The van der Waals surface area contributed by atoms with Crippen LogP contribution in [0.15, 0.2) is 24.3 Å². The normalized spacial score (nSPS) is 25.8. The summed E-state index contributed by atoms with van der Waals surface area (Å²) >= 11 is 0. The van der Waals surface area contributed by atoms with Gasteiger partial charge < -0.3 is 10.2 Å². The summed E-state index contributed by atoms with van der Waals surface area (Å²) in [6, 6.07) is 5.19. The number of hydrogen-bond donors (Lipinski definition) is 1. The zero-order valence-electron chi connectivity index (χ0n) is 11.5. The van der Waals surface area contributed by atoms with Crippen molar-refractivity contribution in [1.82, 2.24) is 10.2 Å². The molecule has 0 spiro atoms. The van der Waals surface area contributed by atoms with Crippen LogP contribution in [0, 0.1) is 5.92 Å². The Hall–Kier alpha value is -1.56. The predicted octanol–water partition coefficient (Wildman–Crippen LogP) is 2.24. The lowest BCUT2D eigenvalue weighted by molar-refractivity contribution is -0.137. The maximum Gasteiger partial charge on any atom is 0.416 e. The Morgan fingerprint density at radius 3 is 2.33 bits per heavy atom. The molecule has 1 aliphatic heterocycles. The lowest BCUT2D eigenvalue weighted by Gasteiger charge is -2.27. The van der Waals surface area contributed by atoms with Crippen LogP contribution in [0.5, 0.6) is 0 Å². The van der Waals surface area contributed by atoms with Crippen molar-refractivity contribution >= 4 is 5.91 Å². The molecular formula is C15H17F3N2O. The lowest BCUT2D eigenvalue weighted by Crippen LogP contribution is -2.47. The van der Waals surface area contributed by atoms with Crippen molar-refractivity contribution in [2.75, 3.05) is 26.2 Å². The minimum atomic E-state index is -4.31. The predicted molar refractivity (Wildman–Crippen MR) is 71.7 cm³/mol. The van der Waals surface area contributed by atoms with E-state index in [1.54, 1.807) is 0 Å². The third-order valence-corrected chi connectivity index (χ3v) is 4.20. The van der Waals surface area contributed by atoms with Gasteiger partial charge in [0.2, 0.25) is 5.91 Å². The molecule has 0 bridgehead atoms. The molecule has 21 heavy (non-hydrogen) atoms. The Kier molecular flexibility index (Phi) is 3.65. The molecule has 1 aromatic carbocycles. The second kappa shape index (κ2) is 5.33. The fourth-order valence-corrected chi connectivity index (χ4v) is 2.88. The standard InChI is InChI=1S/C15H17F3N2O/c16-15(17,18)11-3-1-10(2-4-11)12-9-13(12)14(21)20-7-5-19-6-8-20/h1-4,12-13,19H,5-9H2/t12?,13-/m0/s1. The molecule has 1 unspecified atom stereocenters. The van der Waals surface area contributed by atoms with E-state index >= 15 is 0 Å². The van der Waals surface area contributed by atoms with Gasteiger partial charge in [0.25, 0.3) is 0 Å². The number of nitrogens with one attached hydrogen (secondary N) is 1. The maximum atomic E-state index is 12.5. The van der Waals surface area contributed by atoms with Gasteiger partial charge in [-0.1, -0.05) is 12.1 Å². The van der Waals surface area contributed by atoms with Gasteiger partial charge in [-0.2, -0.15) is 13.2 Å². The number of benzene rings is 1. The van der Waals surface area contributed by atoms with E-state index in [9.17, 15) is 18.0 Å². The smallest absolute Gasteiger partial charge is 0.340 e. The molecule has 114 valence electrons. The van der Waals surface area contributed by atoms with Gasteiger partial charge in [0.1, 0.15) is 0 Å². The molecule has 2 atom stereocenters. The van der Waals surface area contributed by atoms with Crippen molar-refractivity contribution in [3.8, 4) is 0 Å². The van der Waals surface area contributed by atoms with Crippen molar-refractivity contribution < 1.29 is 18.0 Å². The molecule has 3 nitrogen and oxygen atoms in total. The highest BCUT2D eigenvalue weighted by atomic mass is 19.4. The minimum absolute atomic E-state index is 0.0557. The largest absolute Gasteiger partial charge is 0.416 e. The molecule has 0 aromatic heterocycles. The van der Waals surface area contributed by atoms with Gasteiger partial charge in [0.15, 0.2) is 0 Å². The van der Waals surface area contributed by atoms with E-state index in [1.807, 2.05) is 4.90 Å². The van der Waals surface area contributed by atoms with Crippen LogP contribution in [0.1, 0.15) is 23.5 Å². The number of hydrogen-bond acceptors (Lipinski definition) is 2. The average molecular weight is 298 g/mol. The summed E-state index contributed by atoms with van der Waals surface area (Å²) in [6.45, 7) is 3.05. The first kappa shape index (κ1) is 14.4. The number of rotatable bonds is 2. The maximum absolute atomic E-state index is 12.5. The Morgan fingerprint density at radius 2 is 1.76 bits per heavy atom. The highest BCUT2D eigenvalue weighted by Gasteiger charge is 2.46. The molecule has 2 fully saturated rings. The molecule has 1 amide bonds. The van der Waals surface area contributed by atoms with Gasteiger partial charge in [-0.15, -0.1) is 0 Å². The first-order chi connectivity index (χ1) is 9.97. The van der Waals surface area contributed by atoms with Crippen LogP contribution in [0.4, 0.5) is 13.2 Å². The molecule has 1 aromatic rings. The van der Waals surface area contributed by atoms with Crippen LogP contribution in [0.25, 0.3) is 0 Å². The van der Waals surface area contributed by atoms with Crippen molar-refractivity contribution in [2.24, 2.45) is 5.92 Å². The molecule has 3 rings (SSSR count). The number of amides is 1. The number of carbonyl (C=O) groups excluding carboxylic acids is 1. The van der Waals surface area contributed by atoms with Crippen LogP contribution in [0.2, 0.25) is 0 Å². The zero-order valence-corrected chi connectivity index (χ0v) is 11.5. The highest BCUT2D eigenvalue weighted by molar-refractivity contribution is 5.83. The van der Waals surface area contributed by atoms with Gasteiger partial charge in [0.05, 0.1) is 5.56 Å². The van der Waals surface area contributed by atoms with Crippen LogP contribution in [-0.2, 0) is 11.0 Å². The average Bonchev–Trinajstić information content (AvgIpc) is 3.27. The summed E-state index contributed by atoms with van der Waals surface area (Å²) in [5, 5.41) is 3.19. The summed E-state index contributed by atoms with van der Waals surface area (Å²) in [6.07, 6.45) is -3.56. The first-order valence-corrected chi connectivity index (χ1v) is 7.13. The van der Waals surface area contributed by atoms with Crippen molar-refractivity contribution in [2.45, 2.75) is 18.5 Å². The van der Waals surface area contributed by atoms with Gasteiger partial charge >= 0.3 is 6.18 Å². The van der Waals surface area contributed by atoms with E-state index in [2.05, 4.69) is 5.32 Å². The zero-order chi connectivity index (χ0) is 15.0. The summed E-state index contributed by atoms with van der Waals surface area (Å²) in [5.41, 5.74) is 0.188. The fourth-order valence-electron chi connectivity index (χ4n) is 2.88. The summed E-state index contributed by atoms with van der Waals surface area (Å²) in [4.78, 5) is 14.1. The van der Waals surface area contributed by atoms with E-state index in [0.29, 0.717) is 0 Å². The van der Waals surface area contributed by atoms with Gasteiger partial charge in [-0.05, 0) is 30.0 Å². The summed E-state index contributed by atoms with van der Waals surface area (Å²) < 4.78 is 37.6. The third kappa shape index (κ3) is 3.05. The first-order valence-electron chi connectivity index (χ1n) is 7.13. The lowest BCUT2D eigenvalue weighted by atomic mass is 10.1. The quantitative estimate of drug-likeness (QED) is 0.908. The second-order valence-corrected chi connectivity index (χ2v) is 5.64. The number of piperazine rings is 1. The van der Waals surface area contributed by atoms with Crippen molar-refractivity contribution in [3.05, 3.63) is 35.4 Å². The van der Waals surface area contributed by atoms with Gasteiger partial charge in [0, 0.05) is 32.1 Å². The number of nitrogens with zero attached hydrogens (tertiary/aromatic N) is 1. The molecule has 0 radical (unpaired) electrons. The van der Waals surface area contributed by atoms with Crippen LogP contribution >= 0.6 is 0 Å². The topological polar surface area (TPSA) is 32.3 Å². The van der Waals surface area contributed by atoms with Gasteiger partial charge in [-0.25, -0.2) is 0 Å². The SMILES string of the molecule is O=C([C@H]1CC1c1ccc(C(F)(F)F)cc1)N1CCNCC1. The highest BCUT2D eigenvalue weighted by Crippen LogP contribution is 2.48. The van der Waals surface area contributed by atoms with E-state index in [0.717, 1.165) is 50.3 Å². The molecule has 1 N–H and O–H groups in total. The molecule has 6 heteroatoms. The van der Waals surface area contributed by atoms with E-state index in [1.165, 1.54) is 12.1 Å². The molecule has 1 aliphatic carbocycles. The summed E-state index contributed by atoms with van der Waals surface area (Å²) in [5.74, 6) is 0.163. The molecule has 2 aliphatic rings. The minimum Gasteiger partial charge on any atom is -0.340 e. The Morgan fingerprint density at radius 1 is 1.14 bits per heavy atom. The van der Waals surface area contributed by atoms with Gasteiger partial charge in [-0.3, -0.25) is 4.79 Å². The number of halogens is 3. The number of carbonyl (C=O) groups is 1. The second-order valence-electron chi connectivity index (χ2n) is 5.64. The molecule has 1 heterocycles. The van der Waals surface area contributed by atoms with Crippen molar-refractivity contribution in [3.63, 3.8) is 0 Å². The molecular weight excluding hydrogens is 281 g/mol. The van der Waals surface area contributed by atoms with Crippen molar-refractivity contribution in [1.29, 1.82) is 0 Å².